The fraction of sp³-hybridized carbons (Fsp3) is 0.375. The van der Waals surface area contributed by atoms with Crippen molar-refractivity contribution in [1.29, 1.82) is 0 Å². The third kappa shape index (κ3) is 4.93. The molecule has 0 aliphatic carbocycles. The molecule has 0 bridgehead atoms. The first kappa shape index (κ1) is 16.7. The third-order valence-corrected chi connectivity index (χ3v) is 3.11. The van der Waals surface area contributed by atoms with Gasteiger partial charge in [-0.25, -0.2) is 0 Å². The second-order valence-electron chi connectivity index (χ2n) is 4.63. The van der Waals surface area contributed by atoms with Gasteiger partial charge in [0.25, 0.3) is 5.91 Å². The van der Waals surface area contributed by atoms with Crippen molar-refractivity contribution in [3.8, 4) is 11.8 Å². The summed E-state index contributed by atoms with van der Waals surface area (Å²) in [5.74, 6) is 5.34. The Morgan fingerprint density at radius 1 is 1.38 bits per heavy atom. The van der Waals surface area contributed by atoms with Crippen molar-refractivity contribution in [2.24, 2.45) is 5.73 Å². The van der Waals surface area contributed by atoms with E-state index in [9.17, 15) is 9.59 Å². The largest absolute Gasteiger partial charge is 0.345 e. The smallest absolute Gasteiger partial charge is 0.251 e. The molecule has 1 rings (SSSR count). The van der Waals surface area contributed by atoms with Crippen molar-refractivity contribution in [2.75, 3.05) is 26.7 Å². The number of nitrogens with one attached hydrogen (secondary N) is 1. The van der Waals surface area contributed by atoms with Gasteiger partial charge in [-0.15, -0.1) is 0 Å². The number of carbonyl (C=O) groups is 2. The average Bonchev–Trinajstić information content (AvgIpc) is 2.50. The van der Waals surface area contributed by atoms with Crippen molar-refractivity contribution in [3.63, 3.8) is 0 Å². The monoisotopic (exact) mass is 287 g/mol. The second kappa shape index (κ2) is 8.08. The normalized spacial score (nSPS) is 9.52. The van der Waals surface area contributed by atoms with Crippen LogP contribution in [0.5, 0.6) is 0 Å². The zero-order valence-corrected chi connectivity index (χ0v) is 12.7. The number of rotatable bonds is 4. The molecule has 0 aliphatic rings. The lowest BCUT2D eigenvalue weighted by Crippen LogP contribution is -2.38. The molecule has 0 heterocycles. The van der Waals surface area contributed by atoms with E-state index in [0.717, 1.165) is 11.1 Å². The summed E-state index contributed by atoms with van der Waals surface area (Å²) in [5.41, 5.74) is 7.60. The van der Waals surface area contributed by atoms with E-state index in [4.69, 9.17) is 5.73 Å². The summed E-state index contributed by atoms with van der Waals surface area (Å²) in [4.78, 5) is 25.2. The minimum absolute atomic E-state index is 0.00302. The molecule has 0 spiro atoms. The number of carbonyl (C=O) groups excluding carboxylic acids is 2. The third-order valence-electron chi connectivity index (χ3n) is 3.11. The molecule has 5 heteroatoms. The van der Waals surface area contributed by atoms with Crippen LogP contribution in [0.15, 0.2) is 18.2 Å². The van der Waals surface area contributed by atoms with Crippen LogP contribution in [0, 0.1) is 18.8 Å². The van der Waals surface area contributed by atoms with Crippen LogP contribution < -0.4 is 11.1 Å². The highest BCUT2D eigenvalue weighted by molar-refractivity contribution is 5.96. The Kier molecular flexibility index (Phi) is 6.44. The molecular formula is C16H21N3O2. The number of benzene rings is 1. The lowest BCUT2D eigenvalue weighted by atomic mass is 10.0. The summed E-state index contributed by atoms with van der Waals surface area (Å²) in [6.45, 7) is 4.67. The van der Waals surface area contributed by atoms with Crippen LogP contribution in [0.25, 0.3) is 0 Å². The highest BCUT2D eigenvalue weighted by atomic mass is 16.2. The molecule has 112 valence electrons. The minimum atomic E-state index is -0.269. The molecule has 0 unspecified atom stereocenters. The van der Waals surface area contributed by atoms with Crippen LogP contribution in [0.4, 0.5) is 0 Å². The standard InChI is InChI=1S/C16H21N3O2/c1-4-19(3)15(20)11-18-16(21)14-8-7-13(6-5-9-17)12(2)10-14/h7-8,10H,4,9,11,17H2,1-3H3,(H,18,21). The highest BCUT2D eigenvalue weighted by Crippen LogP contribution is 2.10. The van der Waals surface area contributed by atoms with Crippen LogP contribution in [-0.4, -0.2) is 43.4 Å². The van der Waals surface area contributed by atoms with Crippen molar-refractivity contribution in [3.05, 3.63) is 34.9 Å². The lowest BCUT2D eigenvalue weighted by molar-refractivity contribution is -0.128. The number of hydrogen-bond acceptors (Lipinski definition) is 3. The van der Waals surface area contributed by atoms with Gasteiger partial charge in [0, 0.05) is 24.7 Å². The summed E-state index contributed by atoms with van der Waals surface area (Å²) in [7, 11) is 1.70. The predicted octanol–water partition coefficient (Wildman–Crippen LogP) is 0.513. The molecule has 1 aromatic rings. The van der Waals surface area contributed by atoms with Gasteiger partial charge in [0.2, 0.25) is 5.91 Å². The number of hydrogen-bond donors (Lipinski definition) is 2. The van der Waals surface area contributed by atoms with Gasteiger partial charge >= 0.3 is 0 Å². The van der Waals surface area contributed by atoms with Crippen LogP contribution >= 0.6 is 0 Å². The Hall–Kier alpha value is -2.32. The molecular weight excluding hydrogens is 266 g/mol. The molecule has 5 nitrogen and oxygen atoms in total. The highest BCUT2D eigenvalue weighted by Gasteiger charge is 2.11. The summed E-state index contributed by atoms with van der Waals surface area (Å²) in [6.07, 6.45) is 0. The molecule has 2 amide bonds. The van der Waals surface area contributed by atoms with Gasteiger partial charge in [0.15, 0.2) is 0 Å². The van der Waals surface area contributed by atoms with Crippen LogP contribution in [0.1, 0.15) is 28.4 Å². The Bertz CT molecular complexity index is 585. The van der Waals surface area contributed by atoms with Crippen molar-refractivity contribution in [2.45, 2.75) is 13.8 Å². The number of nitrogens with two attached hydrogens (primary N) is 1. The van der Waals surface area contributed by atoms with Gasteiger partial charge in [-0.3, -0.25) is 9.59 Å². The van der Waals surface area contributed by atoms with Crippen molar-refractivity contribution in [1.82, 2.24) is 10.2 Å². The Morgan fingerprint density at radius 2 is 2.10 bits per heavy atom. The van der Waals surface area contributed by atoms with Gasteiger partial charge < -0.3 is 16.0 Å². The minimum Gasteiger partial charge on any atom is -0.345 e. The number of likely N-dealkylation sites (N-methyl/N-ethyl adjacent to an activating group) is 1. The van der Waals surface area contributed by atoms with E-state index in [2.05, 4.69) is 17.2 Å². The maximum absolute atomic E-state index is 12.0. The van der Waals surface area contributed by atoms with Crippen molar-refractivity contribution < 1.29 is 9.59 Å². The zero-order chi connectivity index (χ0) is 15.8. The summed E-state index contributed by atoms with van der Waals surface area (Å²) >= 11 is 0. The zero-order valence-electron chi connectivity index (χ0n) is 12.7. The van der Waals surface area contributed by atoms with E-state index >= 15 is 0 Å². The van der Waals surface area contributed by atoms with E-state index in [0.29, 0.717) is 18.7 Å². The first-order valence-corrected chi connectivity index (χ1v) is 6.81. The Balaban J connectivity index is 2.71. The summed E-state index contributed by atoms with van der Waals surface area (Å²) in [5, 5.41) is 2.62. The van der Waals surface area contributed by atoms with Crippen LogP contribution in [-0.2, 0) is 4.79 Å². The Morgan fingerprint density at radius 3 is 2.67 bits per heavy atom. The molecule has 3 N–H and O–H groups in total. The molecule has 0 saturated carbocycles. The van der Waals surface area contributed by atoms with E-state index in [1.807, 2.05) is 13.8 Å². The summed E-state index contributed by atoms with van der Waals surface area (Å²) in [6, 6.07) is 5.23. The molecule has 0 fully saturated rings. The molecule has 0 saturated heterocycles. The topological polar surface area (TPSA) is 75.4 Å². The van der Waals surface area contributed by atoms with Crippen molar-refractivity contribution >= 4 is 11.8 Å². The fourth-order valence-corrected chi connectivity index (χ4v) is 1.66. The maximum atomic E-state index is 12.0. The van der Waals surface area contributed by atoms with Gasteiger partial charge in [0.1, 0.15) is 0 Å². The first-order chi connectivity index (χ1) is 9.99. The van der Waals surface area contributed by atoms with Gasteiger partial charge in [-0.05, 0) is 37.6 Å². The van der Waals surface area contributed by atoms with Gasteiger partial charge in [0.05, 0.1) is 13.1 Å². The maximum Gasteiger partial charge on any atom is 0.251 e. The van der Waals surface area contributed by atoms with Crippen LogP contribution in [0.2, 0.25) is 0 Å². The molecule has 0 aliphatic heterocycles. The number of aryl methyl sites for hydroxylation is 1. The van der Waals surface area contributed by atoms with Gasteiger partial charge in [-0.2, -0.15) is 0 Å². The molecule has 0 atom stereocenters. The first-order valence-electron chi connectivity index (χ1n) is 6.81. The van der Waals surface area contributed by atoms with E-state index in [1.165, 1.54) is 0 Å². The second-order valence-corrected chi connectivity index (χ2v) is 4.63. The van der Waals surface area contributed by atoms with E-state index in [-0.39, 0.29) is 18.4 Å². The molecule has 0 aromatic heterocycles. The number of amides is 2. The quantitative estimate of drug-likeness (QED) is 0.792. The lowest BCUT2D eigenvalue weighted by Gasteiger charge is -2.14. The average molecular weight is 287 g/mol. The van der Waals surface area contributed by atoms with Gasteiger partial charge in [-0.1, -0.05) is 11.8 Å². The molecule has 21 heavy (non-hydrogen) atoms. The van der Waals surface area contributed by atoms with E-state index < -0.39 is 0 Å². The number of nitrogens with zero attached hydrogens (tertiary/aromatic N) is 1. The van der Waals surface area contributed by atoms with E-state index in [1.54, 1.807) is 30.1 Å². The summed E-state index contributed by atoms with van der Waals surface area (Å²) < 4.78 is 0. The fourth-order valence-electron chi connectivity index (χ4n) is 1.66. The molecule has 0 radical (unpaired) electrons. The Labute approximate surface area is 125 Å². The van der Waals surface area contributed by atoms with Crippen LogP contribution in [0.3, 0.4) is 0 Å². The molecule has 1 aromatic carbocycles. The predicted molar refractivity (Wildman–Crippen MR) is 82.8 cm³/mol. The SMILES string of the molecule is CCN(C)C(=O)CNC(=O)c1ccc(C#CCN)c(C)c1.